The Kier molecular flexibility index (Phi) is 8.79. The van der Waals surface area contributed by atoms with Crippen molar-refractivity contribution >= 4 is 67.7 Å². The molecule has 202 valence electrons. The highest BCUT2D eigenvalue weighted by Gasteiger charge is 2.37. The third-order valence-electron chi connectivity index (χ3n) is 6.71. The van der Waals surface area contributed by atoms with Gasteiger partial charge in [0.15, 0.2) is 0 Å². The van der Waals surface area contributed by atoms with Gasteiger partial charge in [-0.1, -0.05) is 45.2 Å². The predicted molar refractivity (Wildman–Crippen MR) is 149 cm³/mol. The highest BCUT2D eigenvalue weighted by molar-refractivity contribution is 9.10. The van der Waals surface area contributed by atoms with E-state index in [2.05, 4.69) is 26.2 Å². The molecule has 1 amide bonds. The molecule has 1 aliphatic heterocycles. The number of benzene rings is 2. The topological polar surface area (TPSA) is 82.5 Å². The predicted octanol–water partition coefficient (Wildman–Crippen LogP) is 7.23. The molecule has 1 atom stereocenters. The second-order valence-corrected chi connectivity index (χ2v) is 11.2. The van der Waals surface area contributed by atoms with E-state index < -0.39 is 30.3 Å². The van der Waals surface area contributed by atoms with Crippen LogP contribution in [0.15, 0.2) is 40.9 Å². The molecule has 1 aromatic heterocycles. The number of carboxylic acid groups (broad SMARTS) is 1. The SMILES string of the molecule is Cc1c(N2CCCC(F)(F)C2)nc2ccc(Br)cc2c1C(=O)NC[C@@H](CCC(=O)O)c1c(Cl)cccc1Cl. The maximum absolute atomic E-state index is 14.2. The molecule has 11 heteroatoms. The average Bonchev–Trinajstić information content (AvgIpc) is 2.83. The minimum absolute atomic E-state index is 0.0734. The number of carbonyl (C=O) groups is 2. The van der Waals surface area contributed by atoms with Gasteiger partial charge < -0.3 is 15.3 Å². The lowest BCUT2D eigenvalue weighted by atomic mass is 9.93. The van der Waals surface area contributed by atoms with Crippen molar-refractivity contribution in [3.05, 3.63) is 67.6 Å². The number of aromatic nitrogens is 1. The number of alkyl halides is 2. The van der Waals surface area contributed by atoms with E-state index in [1.165, 1.54) is 4.90 Å². The van der Waals surface area contributed by atoms with Gasteiger partial charge in [-0.15, -0.1) is 0 Å². The molecule has 0 aliphatic carbocycles. The highest BCUT2D eigenvalue weighted by Crippen LogP contribution is 2.36. The number of nitrogens with one attached hydrogen (secondary N) is 1. The number of hydrogen-bond donors (Lipinski definition) is 2. The van der Waals surface area contributed by atoms with Gasteiger partial charge in [0.2, 0.25) is 0 Å². The van der Waals surface area contributed by atoms with Crippen LogP contribution < -0.4 is 10.2 Å². The van der Waals surface area contributed by atoms with E-state index in [0.717, 1.165) is 4.47 Å². The number of fused-ring (bicyclic) bond motifs is 1. The minimum atomic E-state index is -2.84. The van der Waals surface area contributed by atoms with E-state index in [9.17, 15) is 23.5 Å². The molecule has 2 N–H and O–H groups in total. The maximum Gasteiger partial charge on any atom is 0.303 e. The molecule has 2 heterocycles. The average molecular weight is 629 g/mol. The molecule has 6 nitrogen and oxygen atoms in total. The quantitative estimate of drug-likeness (QED) is 0.275. The second kappa shape index (κ2) is 11.7. The monoisotopic (exact) mass is 627 g/mol. The Hall–Kier alpha value is -2.49. The molecule has 1 saturated heterocycles. The van der Waals surface area contributed by atoms with Crippen LogP contribution >= 0.6 is 39.1 Å². The van der Waals surface area contributed by atoms with Gasteiger partial charge in [0.25, 0.3) is 11.8 Å². The molecule has 0 spiro atoms. The molecule has 1 fully saturated rings. The van der Waals surface area contributed by atoms with Gasteiger partial charge in [-0.05, 0) is 55.7 Å². The van der Waals surface area contributed by atoms with Crippen LogP contribution in [0.1, 0.15) is 53.1 Å². The Morgan fingerprint density at radius 2 is 1.95 bits per heavy atom. The Bertz CT molecular complexity index is 1370. The number of pyridine rings is 1. The molecule has 38 heavy (non-hydrogen) atoms. The van der Waals surface area contributed by atoms with Crippen molar-refractivity contribution in [2.24, 2.45) is 0 Å². The third-order valence-corrected chi connectivity index (χ3v) is 7.86. The zero-order valence-corrected chi connectivity index (χ0v) is 23.6. The first kappa shape index (κ1) is 28.5. The Morgan fingerprint density at radius 1 is 1.24 bits per heavy atom. The number of amides is 1. The van der Waals surface area contributed by atoms with Crippen molar-refractivity contribution in [2.45, 2.75) is 44.4 Å². The van der Waals surface area contributed by atoms with E-state index in [1.54, 1.807) is 43.3 Å². The zero-order valence-electron chi connectivity index (χ0n) is 20.5. The van der Waals surface area contributed by atoms with Gasteiger partial charge >= 0.3 is 5.97 Å². The number of halogens is 5. The largest absolute Gasteiger partial charge is 0.481 e. The fourth-order valence-corrected chi connectivity index (χ4v) is 5.98. The van der Waals surface area contributed by atoms with Crippen molar-refractivity contribution in [2.75, 3.05) is 24.5 Å². The van der Waals surface area contributed by atoms with Gasteiger partial charge in [-0.2, -0.15) is 0 Å². The normalized spacial score (nSPS) is 15.9. The number of rotatable bonds is 8. The number of anilines is 1. The summed E-state index contributed by atoms with van der Waals surface area (Å²) in [6, 6.07) is 10.3. The highest BCUT2D eigenvalue weighted by atomic mass is 79.9. The number of piperidine rings is 1. The summed E-state index contributed by atoms with van der Waals surface area (Å²) >= 11 is 16.2. The molecule has 4 rings (SSSR count). The molecular formula is C27H26BrCl2F2N3O3. The molecule has 0 saturated carbocycles. The van der Waals surface area contributed by atoms with E-state index in [0.29, 0.717) is 56.4 Å². The Balaban J connectivity index is 1.71. The fraction of sp³-hybridized carbons (Fsp3) is 0.370. The summed E-state index contributed by atoms with van der Waals surface area (Å²) in [7, 11) is 0. The number of carboxylic acids is 1. The summed E-state index contributed by atoms with van der Waals surface area (Å²) in [6.45, 7) is 1.72. The molecular weight excluding hydrogens is 603 g/mol. The van der Waals surface area contributed by atoms with Crippen LogP contribution in [0.25, 0.3) is 10.9 Å². The van der Waals surface area contributed by atoms with Crippen molar-refractivity contribution in [3.8, 4) is 0 Å². The molecule has 2 aromatic carbocycles. The standard InChI is InChI=1S/C27H26BrCl2F2N3O3/c1-15-23(26(38)33-13-16(6-9-22(36)37)24-19(29)4-2-5-20(24)30)18-12-17(28)7-8-21(18)34-25(15)35-11-3-10-27(31,32)14-35/h2,4-5,7-8,12,16H,3,6,9-11,13-14H2,1H3,(H,33,38)(H,36,37)/t16-/m1/s1. The zero-order chi connectivity index (χ0) is 27.6. The summed E-state index contributed by atoms with van der Waals surface area (Å²) in [5.74, 6) is -4.36. The van der Waals surface area contributed by atoms with Gasteiger partial charge in [0, 0.05) is 57.3 Å². The van der Waals surface area contributed by atoms with Crippen LogP contribution in [0, 0.1) is 6.92 Å². The lowest BCUT2D eigenvalue weighted by Crippen LogP contribution is -2.43. The van der Waals surface area contributed by atoms with Gasteiger partial charge in [-0.25, -0.2) is 13.8 Å². The third kappa shape index (κ3) is 6.38. The molecule has 0 radical (unpaired) electrons. The Morgan fingerprint density at radius 3 is 2.61 bits per heavy atom. The summed E-state index contributed by atoms with van der Waals surface area (Å²) in [6.07, 6.45) is 0.199. The first-order valence-corrected chi connectivity index (χ1v) is 13.7. The molecule has 0 bridgehead atoms. The van der Waals surface area contributed by atoms with Crippen LogP contribution in [0.2, 0.25) is 10.0 Å². The van der Waals surface area contributed by atoms with Crippen LogP contribution in [0.4, 0.5) is 14.6 Å². The van der Waals surface area contributed by atoms with Crippen molar-refractivity contribution in [1.29, 1.82) is 0 Å². The lowest BCUT2D eigenvalue weighted by molar-refractivity contribution is -0.137. The summed E-state index contributed by atoms with van der Waals surface area (Å²) in [4.78, 5) is 31.2. The lowest BCUT2D eigenvalue weighted by Gasteiger charge is -2.34. The van der Waals surface area contributed by atoms with E-state index in [4.69, 9.17) is 23.2 Å². The van der Waals surface area contributed by atoms with Crippen LogP contribution in [0.5, 0.6) is 0 Å². The number of nitrogens with zero attached hydrogens (tertiary/aromatic N) is 2. The number of aliphatic carboxylic acids is 1. The van der Waals surface area contributed by atoms with Crippen LogP contribution in [0.3, 0.4) is 0 Å². The number of carbonyl (C=O) groups excluding carboxylic acids is 1. The van der Waals surface area contributed by atoms with Crippen LogP contribution in [-0.2, 0) is 4.79 Å². The second-order valence-electron chi connectivity index (χ2n) is 9.45. The van der Waals surface area contributed by atoms with Crippen molar-refractivity contribution < 1.29 is 23.5 Å². The van der Waals surface area contributed by atoms with E-state index in [-0.39, 0.29) is 25.8 Å². The van der Waals surface area contributed by atoms with Gasteiger partial charge in [-0.3, -0.25) is 9.59 Å². The molecule has 0 unspecified atom stereocenters. The maximum atomic E-state index is 14.2. The Labute approximate surface area is 237 Å². The van der Waals surface area contributed by atoms with Crippen molar-refractivity contribution in [1.82, 2.24) is 10.3 Å². The molecule has 1 aliphatic rings. The van der Waals surface area contributed by atoms with Crippen LogP contribution in [-0.4, -0.2) is 47.5 Å². The summed E-state index contributed by atoms with van der Waals surface area (Å²) < 4.78 is 29.2. The van der Waals surface area contributed by atoms with E-state index in [1.807, 2.05) is 0 Å². The first-order valence-electron chi connectivity index (χ1n) is 12.1. The van der Waals surface area contributed by atoms with Crippen molar-refractivity contribution in [3.63, 3.8) is 0 Å². The fourth-order valence-electron chi connectivity index (χ4n) is 4.92. The molecule has 3 aromatic rings. The summed E-state index contributed by atoms with van der Waals surface area (Å²) in [5, 5.41) is 13.5. The minimum Gasteiger partial charge on any atom is -0.481 e. The number of hydrogen-bond acceptors (Lipinski definition) is 4. The van der Waals surface area contributed by atoms with Gasteiger partial charge in [0.1, 0.15) is 5.82 Å². The smallest absolute Gasteiger partial charge is 0.303 e. The van der Waals surface area contributed by atoms with E-state index >= 15 is 0 Å². The van der Waals surface area contributed by atoms with Gasteiger partial charge in [0.05, 0.1) is 17.6 Å². The first-order chi connectivity index (χ1) is 18.0. The summed E-state index contributed by atoms with van der Waals surface area (Å²) in [5.41, 5.74) is 1.88.